The predicted octanol–water partition coefficient (Wildman–Crippen LogP) is 1.49. The van der Waals surface area contributed by atoms with Crippen molar-refractivity contribution in [3.8, 4) is 0 Å². The fraction of sp³-hybridized carbons (Fsp3) is 0.182. The van der Waals surface area contributed by atoms with Gasteiger partial charge in [-0.05, 0) is 12.1 Å². The summed E-state index contributed by atoms with van der Waals surface area (Å²) in [4.78, 5) is 16.9. The van der Waals surface area contributed by atoms with Crippen LogP contribution in [0.15, 0.2) is 18.5 Å². The van der Waals surface area contributed by atoms with Crippen molar-refractivity contribution in [1.82, 2.24) is 20.1 Å². The topological polar surface area (TPSA) is 61.9 Å². The monoisotopic (exact) mass is 270 g/mol. The molecule has 0 atom stereocenters. The molecule has 1 N–H and O–H groups in total. The lowest BCUT2D eigenvalue weighted by Gasteiger charge is -2.15. The molecule has 2 aromatic rings. The maximum Gasteiger partial charge on any atom is 0.254 e. The Labute approximate surface area is 106 Å². The summed E-state index contributed by atoms with van der Waals surface area (Å²) in [6.07, 6.45) is 1.27. The van der Waals surface area contributed by atoms with E-state index in [1.165, 1.54) is 18.3 Å². The molecular weight excluding hydrogens is 261 g/mol. The van der Waals surface area contributed by atoms with E-state index in [0.717, 1.165) is 0 Å². The number of H-pyrrole nitrogens is 1. The molecule has 0 spiro atoms. The molecule has 0 unspecified atom stereocenters. The van der Waals surface area contributed by atoms with Crippen molar-refractivity contribution in [3.05, 3.63) is 47.3 Å². The Balaban J connectivity index is 2.19. The lowest BCUT2D eigenvalue weighted by Crippen LogP contribution is -2.27. The molecule has 0 aliphatic rings. The summed E-state index contributed by atoms with van der Waals surface area (Å²) < 4.78 is 38.8. The van der Waals surface area contributed by atoms with Gasteiger partial charge in [-0.2, -0.15) is 5.10 Å². The molecule has 0 bridgehead atoms. The van der Waals surface area contributed by atoms with Gasteiger partial charge in [-0.15, -0.1) is 0 Å². The van der Waals surface area contributed by atoms with E-state index in [-0.39, 0.29) is 12.1 Å². The van der Waals surface area contributed by atoms with Crippen molar-refractivity contribution in [2.24, 2.45) is 0 Å². The van der Waals surface area contributed by atoms with Crippen LogP contribution in [-0.4, -0.2) is 33.0 Å². The van der Waals surface area contributed by atoms with Gasteiger partial charge in [-0.3, -0.25) is 9.89 Å². The lowest BCUT2D eigenvalue weighted by molar-refractivity contribution is 0.0780. The van der Waals surface area contributed by atoms with Crippen molar-refractivity contribution in [2.45, 2.75) is 6.54 Å². The first-order valence-corrected chi connectivity index (χ1v) is 5.23. The van der Waals surface area contributed by atoms with Gasteiger partial charge in [-0.1, -0.05) is 0 Å². The highest BCUT2D eigenvalue weighted by atomic mass is 19.2. The van der Waals surface area contributed by atoms with Gasteiger partial charge in [0.2, 0.25) is 0 Å². The molecule has 0 saturated carbocycles. The molecule has 0 aliphatic carbocycles. The van der Waals surface area contributed by atoms with Crippen molar-refractivity contribution >= 4 is 5.91 Å². The highest BCUT2D eigenvalue weighted by Crippen LogP contribution is 2.15. The third kappa shape index (κ3) is 2.72. The van der Waals surface area contributed by atoms with E-state index in [1.807, 2.05) is 0 Å². The summed E-state index contributed by atoms with van der Waals surface area (Å²) in [7, 11) is 1.42. The molecule has 2 rings (SSSR count). The number of rotatable bonds is 3. The minimum atomic E-state index is -1.60. The first kappa shape index (κ1) is 13.1. The second-order valence-electron chi connectivity index (χ2n) is 3.85. The van der Waals surface area contributed by atoms with E-state index >= 15 is 0 Å². The quantitative estimate of drug-likeness (QED) is 0.860. The molecule has 0 aliphatic heterocycles. The second-order valence-corrected chi connectivity index (χ2v) is 3.85. The summed E-state index contributed by atoms with van der Waals surface area (Å²) >= 11 is 0. The maximum atomic E-state index is 13.0. The van der Waals surface area contributed by atoms with Crippen LogP contribution in [0, 0.1) is 17.5 Å². The Bertz CT molecular complexity index is 577. The number of amides is 1. The number of hydrogen-bond acceptors (Lipinski definition) is 3. The van der Waals surface area contributed by atoms with Crippen LogP contribution in [0.3, 0.4) is 0 Å². The summed E-state index contributed by atoms with van der Waals surface area (Å²) in [6, 6.07) is 1.30. The molecule has 5 nitrogen and oxygen atoms in total. The number of hydrogen-bond donors (Lipinski definition) is 1. The molecular formula is C11H9F3N4O. The number of nitrogens with one attached hydrogen (secondary N) is 1. The van der Waals surface area contributed by atoms with E-state index < -0.39 is 23.4 Å². The molecule has 1 aromatic heterocycles. The highest BCUT2D eigenvalue weighted by molar-refractivity contribution is 5.94. The van der Waals surface area contributed by atoms with E-state index in [2.05, 4.69) is 15.2 Å². The van der Waals surface area contributed by atoms with Gasteiger partial charge >= 0.3 is 0 Å². The number of aromatic nitrogens is 3. The Morgan fingerprint density at radius 1 is 1.32 bits per heavy atom. The van der Waals surface area contributed by atoms with E-state index in [1.54, 1.807) is 0 Å². The number of aromatic amines is 1. The zero-order chi connectivity index (χ0) is 14.0. The lowest BCUT2D eigenvalue weighted by atomic mass is 10.2. The first-order chi connectivity index (χ1) is 8.99. The molecule has 1 heterocycles. The van der Waals surface area contributed by atoms with Crippen molar-refractivity contribution in [3.63, 3.8) is 0 Å². The fourth-order valence-corrected chi connectivity index (χ4v) is 1.50. The van der Waals surface area contributed by atoms with Crippen molar-refractivity contribution in [2.75, 3.05) is 7.05 Å². The summed E-state index contributed by atoms with van der Waals surface area (Å²) in [6.45, 7) is 0.0828. The van der Waals surface area contributed by atoms with Crippen molar-refractivity contribution in [1.29, 1.82) is 0 Å². The molecule has 1 amide bonds. The maximum absolute atomic E-state index is 13.0. The normalized spacial score (nSPS) is 10.5. The first-order valence-electron chi connectivity index (χ1n) is 5.23. The zero-order valence-electron chi connectivity index (χ0n) is 9.82. The summed E-state index contributed by atoms with van der Waals surface area (Å²) in [5, 5.41) is 6.15. The minimum absolute atomic E-state index is 0.0828. The van der Waals surface area contributed by atoms with Crippen LogP contribution >= 0.6 is 0 Å². The van der Waals surface area contributed by atoms with Gasteiger partial charge in [0.1, 0.15) is 12.2 Å². The molecule has 8 heteroatoms. The van der Waals surface area contributed by atoms with Gasteiger partial charge in [0, 0.05) is 12.6 Å². The van der Waals surface area contributed by atoms with Gasteiger partial charge in [0.15, 0.2) is 17.5 Å². The Morgan fingerprint density at radius 3 is 2.47 bits per heavy atom. The number of halogens is 3. The molecule has 19 heavy (non-hydrogen) atoms. The number of nitrogens with zero attached hydrogens (tertiary/aromatic N) is 3. The Kier molecular flexibility index (Phi) is 3.50. The van der Waals surface area contributed by atoms with Crippen LogP contribution in [0.25, 0.3) is 0 Å². The third-order valence-electron chi connectivity index (χ3n) is 2.43. The number of carbonyl (C=O) groups excluding carboxylic acids is 1. The van der Waals surface area contributed by atoms with Crippen molar-refractivity contribution < 1.29 is 18.0 Å². The van der Waals surface area contributed by atoms with Crippen LogP contribution in [-0.2, 0) is 6.54 Å². The van der Waals surface area contributed by atoms with Gasteiger partial charge in [0.05, 0.1) is 6.54 Å². The SMILES string of the molecule is CN(Cc1ncn[nH]1)C(=O)c1cc(F)c(F)c(F)c1. The predicted molar refractivity (Wildman–Crippen MR) is 58.5 cm³/mol. The van der Waals surface area contributed by atoms with Gasteiger partial charge < -0.3 is 4.90 Å². The minimum Gasteiger partial charge on any atom is -0.334 e. The zero-order valence-corrected chi connectivity index (χ0v) is 9.82. The van der Waals surface area contributed by atoms with Crippen LogP contribution < -0.4 is 0 Å². The number of carbonyl (C=O) groups is 1. The van der Waals surface area contributed by atoms with Crippen LogP contribution in [0.1, 0.15) is 16.2 Å². The van der Waals surface area contributed by atoms with Gasteiger partial charge in [0.25, 0.3) is 5.91 Å². The van der Waals surface area contributed by atoms with E-state index in [0.29, 0.717) is 18.0 Å². The number of benzene rings is 1. The summed E-state index contributed by atoms with van der Waals surface area (Å²) in [5.74, 6) is -4.66. The fourth-order valence-electron chi connectivity index (χ4n) is 1.50. The standard InChI is InChI=1S/C11H9F3N4O/c1-18(4-9-15-5-16-17-9)11(19)6-2-7(12)10(14)8(13)3-6/h2-3,5H,4H2,1H3,(H,15,16,17). The van der Waals surface area contributed by atoms with Crippen LogP contribution in [0.2, 0.25) is 0 Å². The molecule has 100 valence electrons. The smallest absolute Gasteiger partial charge is 0.254 e. The largest absolute Gasteiger partial charge is 0.334 e. The Morgan fingerprint density at radius 2 is 1.95 bits per heavy atom. The van der Waals surface area contributed by atoms with E-state index in [4.69, 9.17) is 0 Å². The van der Waals surface area contributed by atoms with Crippen LogP contribution in [0.5, 0.6) is 0 Å². The Hall–Kier alpha value is -2.38. The highest BCUT2D eigenvalue weighted by Gasteiger charge is 2.18. The molecule has 0 radical (unpaired) electrons. The molecule has 1 aromatic carbocycles. The third-order valence-corrected chi connectivity index (χ3v) is 2.43. The second kappa shape index (κ2) is 5.09. The average Bonchev–Trinajstić information content (AvgIpc) is 2.87. The average molecular weight is 270 g/mol. The van der Waals surface area contributed by atoms with Crippen LogP contribution in [0.4, 0.5) is 13.2 Å². The summed E-state index contributed by atoms with van der Waals surface area (Å²) in [5.41, 5.74) is -0.279. The van der Waals surface area contributed by atoms with E-state index in [9.17, 15) is 18.0 Å². The molecule has 0 saturated heterocycles. The molecule has 0 fully saturated rings. The van der Waals surface area contributed by atoms with Gasteiger partial charge in [-0.25, -0.2) is 18.2 Å².